The van der Waals surface area contributed by atoms with E-state index in [0.29, 0.717) is 12.2 Å². The first-order valence-electron chi connectivity index (χ1n) is 9.06. The molecule has 1 aromatic rings. The van der Waals surface area contributed by atoms with Gasteiger partial charge in [-0.05, 0) is 50.5 Å². The molecule has 2 N–H and O–H groups in total. The average Bonchev–Trinajstić information content (AvgIpc) is 2.57. The first-order chi connectivity index (χ1) is 12.4. The third-order valence-corrected chi connectivity index (χ3v) is 7.03. The highest BCUT2D eigenvalue weighted by atomic mass is 32.2. The van der Waals surface area contributed by atoms with Gasteiger partial charge in [0.2, 0.25) is 10.0 Å². The van der Waals surface area contributed by atoms with Gasteiger partial charge in [0.15, 0.2) is 0 Å². The van der Waals surface area contributed by atoms with Crippen molar-refractivity contribution in [2.45, 2.75) is 49.6 Å². The zero-order chi connectivity index (χ0) is 18.8. The first-order valence-corrected chi connectivity index (χ1v) is 10.5. The van der Waals surface area contributed by atoms with Crippen molar-refractivity contribution in [2.24, 2.45) is 5.41 Å². The normalized spacial score (nSPS) is 23.7. The van der Waals surface area contributed by atoms with Gasteiger partial charge < -0.3 is 10.1 Å². The topological polar surface area (TPSA) is 84.5 Å². The SMILES string of the molecule is C=CCNS(=O)(=O)c1ccc(C(=O)N[C@@H]2C[C@H](OCC)C23CCC3)cc1. The minimum absolute atomic E-state index is 0.101. The molecule has 26 heavy (non-hydrogen) atoms. The maximum Gasteiger partial charge on any atom is 0.251 e. The van der Waals surface area contributed by atoms with Crippen LogP contribution in [0.25, 0.3) is 0 Å². The predicted octanol–water partition coefficient (Wildman–Crippen LogP) is 2.23. The molecule has 142 valence electrons. The quantitative estimate of drug-likeness (QED) is 0.680. The molecule has 0 saturated heterocycles. The van der Waals surface area contributed by atoms with Crippen LogP contribution in [0.4, 0.5) is 0 Å². The molecule has 7 heteroatoms. The summed E-state index contributed by atoms with van der Waals surface area (Å²) in [6, 6.07) is 6.12. The van der Waals surface area contributed by atoms with E-state index in [0.717, 1.165) is 19.3 Å². The van der Waals surface area contributed by atoms with E-state index in [-0.39, 0.29) is 34.9 Å². The van der Waals surface area contributed by atoms with Gasteiger partial charge in [0.25, 0.3) is 5.91 Å². The molecule has 0 radical (unpaired) electrons. The second-order valence-electron chi connectivity index (χ2n) is 6.96. The molecule has 0 bridgehead atoms. The summed E-state index contributed by atoms with van der Waals surface area (Å²) in [5.41, 5.74) is 0.561. The van der Waals surface area contributed by atoms with Gasteiger partial charge in [0.05, 0.1) is 11.0 Å². The zero-order valence-corrected chi connectivity index (χ0v) is 15.8. The van der Waals surface area contributed by atoms with Crippen molar-refractivity contribution in [2.75, 3.05) is 13.2 Å². The molecule has 2 aliphatic carbocycles. The van der Waals surface area contributed by atoms with Gasteiger partial charge in [-0.15, -0.1) is 6.58 Å². The third-order valence-electron chi connectivity index (χ3n) is 5.59. The molecule has 1 amide bonds. The van der Waals surface area contributed by atoms with Gasteiger partial charge in [-0.2, -0.15) is 0 Å². The van der Waals surface area contributed by atoms with E-state index in [1.165, 1.54) is 24.6 Å². The summed E-state index contributed by atoms with van der Waals surface area (Å²) in [6.45, 7) is 6.34. The fourth-order valence-corrected chi connectivity index (χ4v) is 4.92. The Labute approximate surface area is 155 Å². The number of carbonyl (C=O) groups excluding carboxylic acids is 1. The van der Waals surface area contributed by atoms with E-state index in [2.05, 4.69) is 16.6 Å². The summed E-state index contributed by atoms with van der Waals surface area (Å²) >= 11 is 0. The van der Waals surface area contributed by atoms with Crippen molar-refractivity contribution >= 4 is 15.9 Å². The fourth-order valence-electron chi connectivity index (χ4n) is 3.92. The maximum absolute atomic E-state index is 12.5. The van der Waals surface area contributed by atoms with Crippen molar-refractivity contribution in [1.29, 1.82) is 0 Å². The molecule has 0 aromatic heterocycles. The van der Waals surface area contributed by atoms with Crippen LogP contribution in [0.2, 0.25) is 0 Å². The Kier molecular flexibility index (Phi) is 5.50. The highest BCUT2D eigenvalue weighted by Gasteiger charge is 2.59. The predicted molar refractivity (Wildman–Crippen MR) is 99.4 cm³/mol. The van der Waals surface area contributed by atoms with E-state index in [9.17, 15) is 13.2 Å². The van der Waals surface area contributed by atoms with Crippen LogP contribution in [-0.4, -0.2) is 39.6 Å². The van der Waals surface area contributed by atoms with Gasteiger partial charge in [-0.3, -0.25) is 4.79 Å². The Balaban J connectivity index is 1.63. The molecule has 2 aliphatic rings. The van der Waals surface area contributed by atoms with Crippen LogP contribution in [0.15, 0.2) is 41.8 Å². The van der Waals surface area contributed by atoms with Crippen LogP contribution in [0.1, 0.15) is 43.0 Å². The summed E-state index contributed by atoms with van der Waals surface area (Å²) in [5, 5.41) is 3.11. The molecule has 1 aromatic carbocycles. The number of sulfonamides is 1. The van der Waals surface area contributed by atoms with Crippen molar-refractivity contribution < 1.29 is 17.9 Å². The van der Waals surface area contributed by atoms with Crippen LogP contribution < -0.4 is 10.0 Å². The molecule has 0 aliphatic heterocycles. The Morgan fingerprint density at radius 2 is 2.04 bits per heavy atom. The largest absolute Gasteiger partial charge is 0.378 e. The van der Waals surface area contributed by atoms with Crippen molar-refractivity contribution in [3.05, 3.63) is 42.5 Å². The van der Waals surface area contributed by atoms with Crippen LogP contribution >= 0.6 is 0 Å². The van der Waals surface area contributed by atoms with Gasteiger partial charge in [0, 0.05) is 30.2 Å². The molecule has 1 spiro atoms. The van der Waals surface area contributed by atoms with Crippen LogP contribution in [0, 0.1) is 5.41 Å². The van der Waals surface area contributed by atoms with E-state index in [4.69, 9.17) is 4.74 Å². The molecule has 6 nitrogen and oxygen atoms in total. The Morgan fingerprint density at radius 1 is 1.35 bits per heavy atom. The minimum Gasteiger partial charge on any atom is -0.378 e. The lowest BCUT2D eigenvalue weighted by molar-refractivity contribution is -0.169. The Hall–Kier alpha value is -1.70. The lowest BCUT2D eigenvalue weighted by Gasteiger charge is -2.61. The molecule has 2 atom stereocenters. The summed E-state index contributed by atoms with van der Waals surface area (Å²) in [4.78, 5) is 12.7. The van der Waals surface area contributed by atoms with Gasteiger partial charge >= 0.3 is 0 Å². The molecule has 3 rings (SSSR count). The molecular formula is C19H26N2O4S. The number of benzene rings is 1. The number of nitrogens with one attached hydrogen (secondary N) is 2. The second kappa shape index (κ2) is 7.50. The van der Waals surface area contributed by atoms with Crippen LogP contribution in [0.5, 0.6) is 0 Å². The highest BCUT2D eigenvalue weighted by Crippen LogP contribution is 2.57. The van der Waals surface area contributed by atoms with E-state index in [1.807, 2.05) is 6.92 Å². The molecule has 0 heterocycles. The van der Waals surface area contributed by atoms with Crippen LogP contribution in [-0.2, 0) is 14.8 Å². The van der Waals surface area contributed by atoms with Gasteiger partial charge in [-0.25, -0.2) is 13.1 Å². The van der Waals surface area contributed by atoms with E-state index < -0.39 is 10.0 Å². The lowest BCUT2D eigenvalue weighted by Crippen LogP contribution is -2.67. The number of ether oxygens (including phenoxy) is 1. The smallest absolute Gasteiger partial charge is 0.251 e. The average molecular weight is 378 g/mol. The van der Waals surface area contributed by atoms with Gasteiger partial charge in [-0.1, -0.05) is 12.5 Å². The number of hydrogen-bond donors (Lipinski definition) is 2. The van der Waals surface area contributed by atoms with Crippen molar-refractivity contribution in [3.63, 3.8) is 0 Å². The molecule has 0 unspecified atom stereocenters. The molecular weight excluding hydrogens is 352 g/mol. The van der Waals surface area contributed by atoms with Crippen LogP contribution in [0.3, 0.4) is 0 Å². The number of rotatable bonds is 8. The first kappa shape index (κ1) is 19.1. The monoisotopic (exact) mass is 378 g/mol. The van der Waals surface area contributed by atoms with Gasteiger partial charge in [0.1, 0.15) is 0 Å². The van der Waals surface area contributed by atoms with Crippen molar-refractivity contribution in [3.8, 4) is 0 Å². The molecule has 2 fully saturated rings. The standard InChI is InChI=1S/C19H26N2O4S/c1-3-12-20-26(23,24)15-8-6-14(7-9-15)18(22)21-16-13-17(25-4-2)19(16)10-5-11-19/h3,6-9,16-17,20H,1,4-5,10-13H2,2H3,(H,21,22)/t16-,17+/m1/s1. The number of hydrogen-bond acceptors (Lipinski definition) is 4. The lowest BCUT2D eigenvalue weighted by atomic mass is 9.51. The summed E-state index contributed by atoms with van der Waals surface area (Å²) in [7, 11) is -3.58. The van der Waals surface area contributed by atoms with E-state index in [1.54, 1.807) is 12.1 Å². The minimum atomic E-state index is -3.58. The number of amides is 1. The Bertz CT molecular complexity index is 769. The molecule has 2 saturated carbocycles. The van der Waals surface area contributed by atoms with E-state index >= 15 is 0 Å². The van der Waals surface area contributed by atoms with Crippen molar-refractivity contribution in [1.82, 2.24) is 10.0 Å². The second-order valence-corrected chi connectivity index (χ2v) is 8.72. The summed E-state index contributed by atoms with van der Waals surface area (Å²) in [6.07, 6.45) is 5.93. The summed E-state index contributed by atoms with van der Waals surface area (Å²) in [5.74, 6) is -0.167. The summed E-state index contributed by atoms with van der Waals surface area (Å²) < 4.78 is 32.3. The third kappa shape index (κ3) is 3.43. The maximum atomic E-state index is 12.5. The highest BCUT2D eigenvalue weighted by molar-refractivity contribution is 7.89. The number of carbonyl (C=O) groups is 1. The fraction of sp³-hybridized carbons (Fsp3) is 0.526. The Morgan fingerprint density at radius 3 is 2.58 bits per heavy atom. The zero-order valence-electron chi connectivity index (χ0n) is 15.0.